The van der Waals surface area contributed by atoms with Crippen LogP contribution in [-0.4, -0.2) is 57.5 Å². The summed E-state index contributed by atoms with van der Waals surface area (Å²) in [5.74, 6) is -0.688. The molecule has 0 radical (unpaired) electrons. The van der Waals surface area contributed by atoms with E-state index in [0.29, 0.717) is 12.2 Å². The number of aliphatic carboxylic acids is 1. The van der Waals surface area contributed by atoms with Gasteiger partial charge in [-0.25, -0.2) is 4.79 Å². The monoisotopic (exact) mass is 251 g/mol. The van der Waals surface area contributed by atoms with Crippen LogP contribution in [0.5, 0.6) is 0 Å². The molecule has 0 saturated heterocycles. The molecule has 1 amide bonds. The molecule has 94 valence electrons. The van der Waals surface area contributed by atoms with E-state index in [-0.39, 0.29) is 18.3 Å². The van der Waals surface area contributed by atoms with Crippen molar-refractivity contribution in [3.8, 4) is 0 Å². The van der Waals surface area contributed by atoms with Gasteiger partial charge in [0.1, 0.15) is 6.04 Å². The summed E-state index contributed by atoms with van der Waals surface area (Å²) in [6.45, 7) is 0.963. The van der Waals surface area contributed by atoms with Crippen LogP contribution in [0.1, 0.15) is 13.3 Å². The van der Waals surface area contributed by atoms with Gasteiger partial charge in [0.2, 0.25) is 5.91 Å². The van der Waals surface area contributed by atoms with E-state index in [1.807, 2.05) is 0 Å². The van der Waals surface area contributed by atoms with Gasteiger partial charge in [-0.05, 0) is 12.2 Å². The summed E-state index contributed by atoms with van der Waals surface area (Å²) < 4.78 is 0. The molecule has 0 unspecified atom stereocenters. The number of amides is 1. The van der Waals surface area contributed by atoms with Gasteiger partial charge in [-0.1, -0.05) is 0 Å². The van der Waals surface area contributed by atoms with Crippen molar-refractivity contribution in [3.63, 3.8) is 0 Å². The summed E-state index contributed by atoms with van der Waals surface area (Å²) in [4.78, 5) is 21.4. The van der Waals surface area contributed by atoms with Gasteiger partial charge in [-0.15, -0.1) is 0 Å². The van der Waals surface area contributed by atoms with Crippen LogP contribution in [-0.2, 0) is 9.59 Å². The van der Waals surface area contributed by atoms with Gasteiger partial charge in [0.05, 0.1) is 12.7 Å². The van der Waals surface area contributed by atoms with Crippen LogP contribution in [0.4, 0.5) is 0 Å². The highest BCUT2D eigenvalue weighted by atomic mass is 32.2. The molecule has 0 fully saturated rings. The maximum Gasteiger partial charge on any atom is 0.327 e. The highest BCUT2D eigenvalue weighted by Gasteiger charge is 2.17. The molecule has 0 bridgehead atoms. The minimum absolute atomic E-state index is 0.243. The molecule has 0 aromatic heterocycles. The van der Waals surface area contributed by atoms with Crippen LogP contribution in [0.25, 0.3) is 0 Å². The van der Waals surface area contributed by atoms with Crippen molar-refractivity contribution in [1.29, 1.82) is 0 Å². The highest BCUT2D eigenvalue weighted by molar-refractivity contribution is 7.99. The third-order valence-electron chi connectivity index (χ3n) is 1.77. The van der Waals surface area contributed by atoms with E-state index < -0.39 is 18.1 Å². The van der Waals surface area contributed by atoms with Gasteiger partial charge >= 0.3 is 5.97 Å². The number of carboxylic acids is 1. The average molecular weight is 251 g/mol. The number of carbonyl (C=O) groups is 2. The third kappa shape index (κ3) is 7.49. The number of carbonyl (C=O) groups excluding carboxylic acids is 1. The second-order valence-corrected chi connectivity index (χ2v) is 4.44. The van der Waals surface area contributed by atoms with Gasteiger partial charge in [0.25, 0.3) is 0 Å². The number of hydrogen-bond acceptors (Lipinski definition) is 5. The molecule has 0 saturated carbocycles. The molecule has 7 heteroatoms. The number of rotatable bonds is 8. The summed E-state index contributed by atoms with van der Waals surface area (Å²) in [6.07, 6.45) is -0.371. The second kappa shape index (κ2) is 8.37. The quantitative estimate of drug-likeness (QED) is 0.414. The Hall–Kier alpha value is -0.790. The smallest absolute Gasteiger partial charge is 0.327 e. The fourth-order valence-electron chi connectivity index (χ4n) is 0.932. The van der Waals surface area contributed by atoms with Crippen LogP contribution in [0.2, 0.25) is 0 Å². The van der Waals surface area contributed by atoms with E-state index in [0.717, 1.165) is 0 Å². The lowest BCUT2D eigenvalue weighted by Gasteiger charge is -2.13. The molecule has 0 aliphatic heterocycles. The molecule has 0 heterocycles. The molecule has 0 aliphatic carbocycles. The molecule has 0 aromatic rings. The number of carboxylic acid groups (broad SMARTS) is 1. The van der Waals surface area contributed by atoms with Crippen LogP contribution in [0.15, 0.2) is 0 Å². The molecule has 4 N–H and O–H groups in total. The number of nitrogens with one attached hydrogen (secondary N) is 1. The van der Waals surface area contributed by atoms with E-state index >= 15 is 0 Å². The van der Waals surface area contributed by atoms with E-state index in [2.05, 4.69) is 5.32 Å². The topological polar surface area (TPSA) is 107 Å². The molecular weight excluding hydrogens is 234 g/mol. The molecule has 6 nitrogen and oxygen atoms in total. The van der Waals surface area contributed by atoms with Crippen LogP contribution in [0.3, 0.4) is 0 Å². The Kier molecular flexibility index (Phi) is 7.96. The van der Waals surface area contributed by atoms with Crippen molar-refractivity contribution in [2.24, 2.45) is 0 Å². The first-order valence-electron chi connectivity index (χ1n) is 4.84. The van der Waals surface area contributed by atoms with Crippen molar-refractivity contribution in [2.75, 3.05) is 18.1 Å². The summed E-state index contributed by atoms with van der Waals surface area (Å²) in [5, 5.41) is 28.6. The largest absolute Gasteiger partial charge is 0.480 e. The van der Waals surface area contributed by atoms with Gasteiger partial charge in [0.15, 0.2) is 0 Å². The molecule has 0 spiro atoms. The van der Waals surface area contributed by atoms with Crippen LogP contribution in [0, 0.1) is 0 Å². The standard InChI is InChI=1S/C9H17NO5S/c1-6(12)10-8(9(14)15)5-16-3-2-7(13)4-11/h7-8,11,13H,2-5H2,1H3,(H,10,12)(H,14,15)/t7-,8+/m0/s1. The van der Waals surface area contributed by atoms with Gasteiger partial charge in [0, 0.05) is 12.7 Å². The lowest BCUT2D eigenvalue weighted by atomic mass is 10.3. The Bertz CT molecular complexity index is 236. The van der Waals surface area contributed by atoms with E-state index in [4.69, 9.17) is 15.3 Å². The SMILES string of the molecule is CC(=O)N[C@H](CSCC[C@H](O)CO)C(=O)O. The summed E-state index contributed by atoms with van der Waals surface area (Å²) in [5.41, 5.74) is 0. The Labute approximate surface area is 98.0 Å². The summed E-state index contributed by atoms with van der Waals surface area (Å²) in [7, 11) is 0. The predicted octanol–water partition coefficient (Wildman–Crippen LogP) is -0.948. The molecule has 0 aliphatic rings. The summed E-state index contributed by atoms with van der Waals surface area (Å²) in [6, 6.07) is -0.909. The minimum atomic E-state index is -1.08. The first kappa shape index (κ1) is 15.2. The Balaban J connectivity index is 3.77. The highest BCUT2D eigenvalue weighted by Crippen LogP contribution is 2.07. The zero-order valence-corrected chi connectivity index (χ0v) is 9.87. The lowest BCUT2D eigenvalue weighted by Crippen LogP contribution is -2.41. The Morgan fingerprint density at radius 1 is 1.44 bits per heavy atom. The van der Waals surface area contributed by atoms with Crippen LogP contribution >= 0.6 is 11.8 Å². The summed E-state index contributed by atoms with van der Waals surface area (Å²) >= 11 is 1.31. The fourth-order valence-corrected chi connectivity index (χ4v) is 2.00. The van der Waals surface area contributed by atoms with E-state index in [1.54, 1.807) is 0 Å². The number of aliphatic hydroxyl groups excluding tert-OH is 2. The van der Waals surface area contributed by atoms with Gasteiger partial charge < -0.3 is 20.6 Å². The lowest BCUT2D eigenvalue weighted by molar-refractivity contribution is -0.140. The van der Waals surface area contributed by atoms with Crippen LogP contribution < -0.4 is 5.32 Å². The molecule has 16 heavy (non-hydrogen) atoms. The Morgan fingerprint density at radius 2 is 2.06 bits per heavy atom. The van der Waals surface area contributed by atoms with Crippen molar-refractivity contribution in [1.82, 2.24) is 5.32 Å². The van der Waals surface area contributed by atoms with Crippen molar-refractivity contribution in [2.45, 2.75) is 25.5 Å². The van der Waals surface area contributed by atoms with Crippen molar-refractivity contribution >= 4 is 23.6 Å². The number of thioether (sulfide) groups is 1. The average Bonchev–Trinajstić information content (AvgIpc) is 2.21. The predicted molar refractivity (Wildman–Crippen MR) is 60.3 cm³/mol. The minimum Gasteiger partial charge on any atom is -0.480 e. The third-order valence-corrected chi connectivity index (χ3v) is 2.86. The zero-order chi connectivity index (χ0) is 12.6. The van der Waals surface area contributed by atoms with Gasteiger partial charge in [-0.2, -0.15) is 11.8 Å². The molecule has 0 aromatic carbocycles. The number of aliphatic hydroxyl groups is 2. The van der Waals surface area contributed by atoms with Crippen molar-refractivity contribution in [3.05, 3.63) is 0 Å². The fraction of sp³-hybridized carbons (Fsp3) is 0.778. The van der Waals surface area contributed by atoms with Crippen molar-refractivity contribution < 1.29 is 24.9 Å². The first-order valence-corrected chi connectivity index (χ1v) is 5.99. The maximum absolute atomic E-state index is 10.7. The first-order chi connectivity index (χ1) is 7.47. The molecule has 2 atom stereocenters. The van der Waals surface area contributed by atoms with Gasteiger partial charge in [-0.3, -0.25) is 4.79 Å². The second-order valence-electron chi connectivity index (χ2n) is 3.29. The molecular formula is C9H17NO5S. The maximum atomic E-state index is 10.7. The van der Waals surface area contributed by atoms with E-state index in [9.17, 15) is 9.59 Å². The number of hydrogen-bond donors (Lipinski definition) is 4. The normalized spacial score (nSPS) is 14.2. The Morgan fingerprint density at radius 3 is 2.50 bits per heavy atom. The van der Waals surface area contributed by atoms with E-state index in [1.165, 1.54) is 18.7 Å². The molecule has 0 rings (SSSR count). The zero-order valence-electron chi connectivity index (χ0n) is 9.05.